The third kappa shape index (κ3) is 8.53. The number of carbonyl (C=O) groups is 3. The van der Waals surface area contributed by atoms with E-state index in [4.69, 9.17) is 32.7 Å². The molecular formula is C36H48Cl2N14O7. The number of aliphatic hydroxyl groups is 2. The van der Waals surface area contributed by atoms with Crippen molar-refractivity contribution in [3.63, 3.8) is 0 Å². The number of hydrogen-bond donors (Lipinski definition) is 7. The normalized spacial score (nSPS) is 27.6. The monoisotopic (exact) mass is 858 g/mol. The number of piperidine rings is 1. The Morgan fingerprint density at radius 3 is 1.90 bits per heavy atom. The fraction of sp³-hybridized carbons (Fsp3) is 0.639. The third-order valence-electron chi connectivity index (χ3n) is 11.4. The van der Waals surface area contributed by atoms with E-state index in [9.17, 15) is 24.6 Å². The summed E-state index contributed by atoms with van der Waals surface area (Å²) in [6.07, 6.45) is 2.52. The summed E-state index contributed by atoms with van der Waals surface area (Å²) in [6, 6.07) is -0.0323. The summed E-state index contributed by atoms with van der Waals surface area (Å²) >= 11 is 12.7. The first-order valence-electron chi connectivity index (χ1n) is 20.1. The number of urea groups is 1. The molecule has 8 rings (SSSR count). The lowest BCUT2D eigenvalue weighted by Gasteiger charge is -2.35. The second-order valence-corrected chi connectivity index (χ2v) is 15.9. The number of nitrogens with zero attached hydrogens (tertiary/aromatic N) is 9. The molecule has 0 unspecified atom stereocenters. The van der Waals surface area contributed by atoms with Gasteiger partial charge in [-0.1, -0.05) is 0 Å². The number of fused-ring (bicyclic) bond motifs is 2. The van der Waals surface area contributed by atoms with Gasteiger partial charge in [0.25, 0.3) is 5.91 Å². The number of anilines is 2. The van der Waals surface area contributed by atoms with Crippen LogP contribution in [0, 0.1) is 0 Å². The van der Waals surface area contributed by atoms with E-state index in [0.717, 1.165) is 25.7 Å². The smallest absolute Gasteiger partial charge is 0.317 e. The number of likely N-dealkylation sites (tertiary alicyclic amines) is 1. The fourth-order valence-corrected chi connectivity index (χ4v) is 8.65. The van der Waals surface area contributed by atoms with Crippen molar-refractivity contribution in [2.75, 3.05) is 36.8 Å². The quantitative estimate of drug-likeness (QED) is 0.106. The molecule has 0 aromatic carbocycles. The Morgan fingerprint density at radius 1 is 0.712 bits per heavy atom. The average Bonchev–Trinajstić information content (AvgIpc) is 4.02. The summed E-state index contributed by atoms with van der Waals surface area (Å²) in [4.78, 5) is 66.5. The van der Waals surface area contributed by atoms with Crippen molar-refractivity contribution in [2.24, 2.45) is 0 Å². The number of rotatable bonds is 11. The lowest BCUT2D eigenvalue weighted by atomic mass is 9.91. The van der Waals surface area contributed by atoms with E-state index in [0.29, 0.717) is 80.2 Å². The molecule has 3 aliphatic heterocycles. The van der Waals surface area contributed by atoms with E-state index in [1.54, 1.807) is 17.8 Å². The maximum absolute atomic E-state index is 13.4. The zero-order chi connectivity index (χ0) is 41.4. The number of imidazole rings is 2. The van der Waals surface area contributed by atoms with Gasteiger partial charge in [0.05, 0.1) is 12.7 Å². The Morgan fingerprint density at radius 2 is 1.27 bits per heavy atom. The Labute approximate surface area is 348 Å². The van der Waals surface area contributed by atoms with Crippen LogP contribution >= 0.6 is 23.2 Å². The van der Waals surface area contributed by atoms with Gasteiger partial charge < -0.3 is 51.2 Å². The van der Waals surface area contributed by atoms with E-state index >= 15 is 0 Å². The number of likely N-dealkylation sites (N-methyl/N-ethyl adjacent to an activating group) is 2. The van der Waals surface area contributed by atoms with Gasteiger partial charge in [-0.05, 0) is 88.4 Å². The Hall–Kier alpha value is -4.67. The molecule has 59 heavy (non-hydrogen) atoms. The predicted molar refractivity (Wildman–Crippen MR) is 214 cm³/mol. The van der Waals surface area contributed by atoms with E-state index in [-0.39, 0.29) is 46.3 Å². The minimum absolute atomic E-state index is 0.0216. The molecule has 4 aromatic rings. The van der Waals surface area contributed by atoms with Gasteiger partial charge in [-0.3, -0.25) is 18.7 Å². The maximum atomic E-state index is 13.4. The molecule has 3 saturated heterocycles. The van der Waals surface area contributed by atoms with Crippen molar-refractivity contribution < 1.29 is 34.1 Å². The molecule has 1 saturated carbocycles. The molecule has 6 atom stereocenters. The molecule has 1 aliphatic carbocycles. The third-order valence-corrected chi connectivity index (χ3v) is 11.7. The van der Waals surface area contributed by atoms with Gasteiger partial charge in [0.15, 0.2) is 46.3 Å². The number of aliphatic hydroxyl groups excluding tert-OH is 2. The largest absolute Gasteiger partial charge is 0.387 e. The number of ether oxygens (including phenoxy) is 2. The van der Waals surface area contributed by atoms with Gasteiger partial charge >= 0.3 is 6.03 Å². The SMILES string of the molecule is CCNC(=O)[C@@H]1CC[C@H](n2cnc3c(NC4CCC(NC(=O)N5CCC(Nc6nc(Cl)nc7c6ncn7[C@@H]6O[C@H](C(=O)NCC)[C@@H](O)[C@H]6O)CC5)CC4)nc(Cl)nc32)O1. The van der Waals surface area contributed by atoms with Crippen LogP contribution in [0.15, 0.2) is 12.7 Å². The minimum Gasteiger partial charge on any atom is -0.387 e. The topological polar surface area (TPSA) is 261 Å². The molecule has 318 valence electrons. The number of aromatic nitrogens is 8. The Balaban J connectivity index is 0.819. The molecule has 4 aliphatic rings. The van der Waals surface area contributed by atoms with E-state index in [2.05, 4.69) is 56.5 Å². The van der Waals surface area contributed by atoms with Crippen LogP contribution in [0.1, 0.15) is 77.7 Å². The van der Waals surface area contributed by atoms with Gasteiger partial charge in [-0.25, -0.2) is 14.8 Å². The molecule has 7 heterocycles. The minimum atomic E-state index is -1.46. The molecule has 4 fully saturated rings. The molecule has 21 nitrogen and oxygen atoms in total. The first kappa shape index (κ1) is 41.1. The molecule has 23 heteroatoms. The highest BCUT2D eigenvalue weighted by molar-refractivity contribution is 6.29. The van der Waals surface area contributed by atoms with Crippen LogP contribution in [0.2, 0.25) is 10.6 Å². The van der Waals surface area contributed by atoms with Crippen molar-refractivity contribution in [2.45, 2.75) is 120 Å². The lowest BCUT2D eigenvalue weighted by molar-refractivity contribution is -0.137. The highest BCUT2D eigenvalue weighted by Crippen LogP contribution is 2.35. The molecule has 7 N–H and O–H groups in total. The first-order chi connectivity index (χ1) is 28.5. The Bertz CT molecular complexity index is 2180. The van der Waals surface area contributed by atoms with Crippen LogP contribution in [0.3, 0.4) is 0 Å². The Kier molecular flexibility index (Phi) is 12.2. The molecule has 0 spiro atoms. The standard InChI is InChI=1S/C36H48Cl2N14O7/c1-3-39-31(55)20-9-10-21(58-20)51-15-41-22-27(46-34(37)48-29(22)51)43-17-5-7-18(8-6-17)45-36(57)50-13-11-19(12-14-50)44-28-23-30(49-35(38)47-28)52(16-42-23)33-25(54)24(53)26(59-33)32(56)40-4-2/h15-21,24-26,33,53-54H,3-14H2,1-2H3,(H,39,55)(H,40,56)(H,45,57)(H,43,46,48)(H,44,47,49)/t17?,18?,20-,21+,24-,25+,26-,33+/m0/s1. The summed E-state index contributed by atoms with van der Waals surface area (Å²) in [6.45, 7) is 5.53. The average molecular weight is 860 g/mol. The second kappa shape index (κ2) is 17.5. The molecule has 0 radical (unpaired) electrons. The van der Waals surface area contributed by atoms with Gasteiger partial charge in [0.1, 0.15) is 24.5 Å². The first-order valence-corrected chi connectivity index (χ1v) is 20.9. The van der Waals surface area contributed by atoms with E-state index in [1.165, 1.54) is 10.9 Å². The maximum Gasteiger partial charge on any atom is 0.317 e. The van der Waals surface area contributed by atoms with Crippen LogP contribution in [-0.4, -0.2) is 141 Å². The van der Waals surface area contributed by atoms with Crippen molar-refractivity contribution in [1.29, 1.82) is 0 Å². The zero-order valence-electron chi connectivity index (χ0n) is 32.6. The van der Waals surface area contributed by atoms with Crippen LogP contribution in [0.4, 0.5) is 16.4 Å². The number of nitrogens with one attached hydrogen (secondary N) is 5. The van der Waals surface area contributed by atoms with Gasteiger partial charge in [0, 0.05) is 44.3 Å². The summed E-state index contributed by atoms with van der Waals surface area (Å²) in [5, 5.41) is 36.8. The lowest BCUT2D eigenvalue weighted by Crippen LogP contribution is -2.50. The van der Waals surface area contributed by atoms with E-state index in [1.807, 2.05) is 11.8 Å². The number of carbonyl (C=O) groups excluding carboxylic acids is 3. The molecular weight excluding hydrogens is 811 g/mol. The molecule has 4 aromatic heterocycles. The fourth-order valence-electron chi connectivity index (χ4n) is 8.33. The molecule has 4 amide bonds. The van der Waals surface area contributed by atoms with Crippen molar-refractivity contribution in [3.05, 3.63) is 23.2 Å². The zero-order valence-corrected chi connectivity index (χ0v) is 34.1. The van der Waals surface area contributed by atoms with Gasteiger partial charge in [-0.15, -0.1) is 0 Å². The molecule has 0 bridgehead atoms. The highest BCUT2D eigenvalue weighted by atomic mass is 35.5. The summed E-state index contributed by atoms with van der Waals surface area (Å²) in [7, 11) is 0. The summed E-state index contributed by atoms with van der Waals surface area (Å²) in [5.74, 6) is 0.250. The van der Waals surface area contributed by atoms with Crippen LogP contribution in [-0.2, 0) is 19.1 Å². The summed E-state index contributed by atoms with van der Waals surface area (Å²) in [5.41, 5.74) is 1.74. The van der Waals surface area contributed by atoms with Gasteiger partial charge in [0.2, 0.25) is 16.5 Å². The van der Waals surface area contributed by atoms with Crippen LogP contribution < -0.4 is 26.6 Å². The van der Waals surface area contributed by atoms with Crippen LogP contribution in [0.5, 0.6) is 0 Å². The van der Waals surface area contributed by atoms with Crippen molar-refractivity contribution in [1.82, 2.24) is 59.9 Å². The van der Waals surface area contributed by atoms with Gasteiger partial charge in [-0.2, -0.15) is 19.9 Å². The highest BCUT2D eigenvalue weighted by Gasteiger charge is 2.48. The van der Waals surface area contributed by atoms with Crippen molar-refractivity contribution in [3.8, 4) is 0 Å². The number of halogens is 2. The summed E-state index contributed by atoms with van der Waals surface area (Å²) < 4.78 is 15.0. The number of hydrogen-bond acceptors (Lipinski definition) is 15. The van der Waals surface area contributed by atoms with Crippen molar-refractivity contribution >= 4 is 75.0 Å². The van der Waals surface area contributed by atoms with Crippen LogP contribution in [0.25, 0.3) is 22.3 Å². The predicted octanol–water partition coefficient (Wildman–Crippen LogP) is 1.85. The van der Waals surface area contributed by atoms with E-state index < -0.39 is 42.8 Å². The number of amides is 4. The second-order valence-electron chi connectivity index (χ2n) is 15.3.